The Hall–Kier alpha value is -0.560. The zero-order chi connectivity index (χ0) is 22.8. The highest BCUT2D eigenvalue weighted by atomic mass is 16.3. The van der Waals surface area contributed by atoms with Gasteiger partial charge in [-0.3, -0.25) is 0 Å². The van der Waals surface area contributed by atoms with Crippen molar-refractivity contribution in [3.8, 4) is 0 Å². The minimum atomic E-state index is -0.137. The lowest BCUT2D eigenvalue weighted by atomic mass is 9.41. The Bertz CT molecular complexity index is 754. The van der Waals surface area contributed by atoms with Gasteiger partial charge in [0.25, 0.3) is 0 Å². The molecule has 176 valence electrons. The molecule has 0 bridgehead atoms. The van der Waals surface area contributed by atoms with Gasteiger partial charge in [0.15, 0.2) is 0 Å². The predicted octanol–water partition coefficient (Wildman–Crippen LogP) is 8.34. The summed E-state index contributed by atoms with van der Waals surface area (Å²) in [5.41, 5.74) is 4.53. The van der Waals surface area contributed by atoms with Gasteiger partial charge in [-0.15, -0.1) is 0 Å². The summed E-state index contributed by atoms with van der Waals surface area (Å²) in [5, 5.41) is 10.8. The number of rotatable bonds is 4. The molecule has 0 aromatic heterocycles. The number of aliphatic hydroxyl groups excluding tert-OH is 1. The molecule has 3 fully saturated rings. The van der Waals surface area contributed by atoms with E-state index >= 15 is 0 Å². The molecule has 0 aromatic rings. The van der Waals surface area contributed by atoms with Crippen molar-refractivity contribution < 1.29 is 5.11 Å². The van der Waals surface area contributed by atoms with E-state index in [0.717, 1.165) is 24.2 Å². The Morgan fingerprint density at radius 1 is 1.06 bits per heavy atom. The van der Waals surface area contributed by atoms with Crippen molar-refractivity contribution in [1.82, 2.24) is 0 Å². The van der Waals surface area contributed by atoms with E-state index in [1.165, 1.54) is 56.9 Å². The first-order chi connectivity index (χ1) is 14.4. The average Bonchev–Trinajstić information content (AvgIpc) is 2.96. The molecule has 31 heavy (non-hydrogen) atoms. The van der Waals surface area contributed by atoms with Crippen LogP contribution >= 0.6 is 0 Å². The van der Waals surface area contributed by atoms with Crippen molar-refractivity contribution in [3.63, 3.8) is 0 Å². The van der Waals surface area contributed by atoms with Crippen molar-refractivity contribution in [2.45, 2.75) is 119 Å². The molecule has 0 aliphatic heterocycles. The van der Waals surface area contributed by atoms with Crippen LogP contribution in [0.5, 0.6) is 0 Å². The summed E-state index contributed by atoms with van der Waals surface area (Å²) in [6, 6.07) is 0. The maximum absolute atomic E-state index is 10.8. The van der Waals surface area contributed by atoms with Crippen LogP contribution in [0.4, 0.5) is 0 Å². The van der Waals surface area contributed by atoms with E-state index in [1.54, 1.807) is 0 Å². The molecule has 0 spiro atoms. The molecule has 0 amide bonds. The van der Waals surface area contributed by atoms with Crippen molar-refractivity contribution >= 4 is 0 Å². The summed E-state index contributed by atoms with van der Waals surface area (Å²) in [5.74, 6) is 3.02. The summed E-state index contributed by atoms with van der Waals surface area (Å²) >= 11 is 0. The third-order valence-electron chi connectivity index (χ3n) is 11.7. The predicted molar refractivity (Wildman–Crippen MR) is 133 cm³/mol. The summed E-state index contributed by atoms with van der Waals surface area (Å²) < 4.78 is 0. The molecular weight excluding hydrogens is 376 g/mol. The lowest BCUT2D eigenvalue weighted by Crippen LogP contribution is -2.58. The van der Waals surface area contributed by atoms with Crippen LogP contribution in [0, 0.1) is 45.3 Å². The van der Waals surface area contributed by atoms with Crippen molar-refractivity contribution in [1.29, 1.82) is 0 Å². The highest BCUT2D eigenvalue weighted by Gasteiger charge is 2.65. The molecule has 4 aliphatic rings. The van der Waals surface area contributed by atoms with Crippen LogP contribution < -0.4 is 0 Å². The molecular formula is C30H50O. The van der Waals surface area contributed by atoms with Gasteiger partial charge in [0, 0.05) is 0 Å². The van der Waals surface area contributed by atoms with E-state index in [0.29, 0.717) is 22.2 Å². The second-order valence-corrected chi connectivity index (χ2v) is 13.7. The van der Waals surface area contributed by atoms with Crippen molar-refractivity contribution in [2.24, 2.45) is 45.3 Å². The minimum Gasteiger partial charge on any atom is -0.393 e. The van der Waals surface area contributed by atoms with Crippen molar-refractivity contribution in [2.75, 3.05) is 0 Å². The largest absolute Gasteiger partial charge is 0.393 e. The summed E-state index contributed by atoms with van der Waals surface area (Å²) in [4.78, 5) is 0. The van der Waals surface area contributed by atoms with Gasteiger partial charge in [-0.1, -0.05) is 64.8 Å². The van der Waals surface area contributed by atoms with Crippen LogP contribution in [0.15, 0.2) is 23.3 Å². The summed E-state index contributed by atoms with van der Waals surface area (Å²) in [7, 11) is 0. The van der Waals surface area contributed by atoms with E-state index in [4.69, 9.17) is 0 Å². The Labute approximate surface area is 193 Å². The molecule has 4 rings (SSSR count). The summed E-state index contributed by atoms with van der Waals surface area (Å²) in [6.07, 6.45) is 16.5. The molecule has 1 unspecified atom stereocenters. The van der Waals surface area contributed by atoms with Gasteiger partial charge in [-0.25, -0.2) is 0 Å². The topological polar surface area (TPSA) is 20.2 Å². The first kappa shape index (κ1) is 23.6. The first-order valence-corrected chi connectivity index (χ1v) is 13.4. The molecule has 0 heterocycles. The second kappa shape index (κ2) is 7.75. The molecule has 4 aliphatic carbocycles. The lowest BCUT2D eigenvalue weighted by molar-refractivity contribution is -0.131. The fraction of sp³-hybridized carbons (Fsp3) is 0.867. The van der Waals surface area contributed by atoms with E-state index < -0.39 is 0 Å². The van der Waals surface area contributed by atoms with Crippen molar-refractivity contribution in [3.05, 3.63) is 23.3 Å². The van der Waals surface area contributed by atoms with Crippen LogP contribution in [0.25, 0.3) is 0 Å². The minimum absolute atomic E-state index is 0.0360. The van der Waals surface area contributed by atoms with E-state index in [-0.39, 0.29) is 11.5 Å². The van der Waals surface area contributed by atoms with Gasteiger partial charge >= 0.3 is 0 Å². The van der Waals surface area contributed by atoms with Crippen LogP contribution in [0.2, 0.25) is 0 Å². The molecule has 1 heteroatoms. The number of hydrogen-bond donors (Lipinski definition) is 1. The zero-order valence-electron chi connectivity index (χ0n) is 21.9. The molecule has 8 atom stereocenters. The van der Waals surface area contributed by atoms with Crippen LogP contribution in [0.3, 0.4) is 0 Å². The fourth-order valence-corrected chi connectivity index (χ4v) is 9.49. The smallest absolute Gasteiger partial charge is 0.0594 e. The van der Waals surface area contributed by atoms with E-state index in [9.17, 15) is 5.11 Å². The molecule has 3 saturated carbocycles. The highest BCUT2D eigenvalue weighted by Crippen LogP contribution is 2.73. The third kappa shape index (κ3) is 3.34. The van der Waals surface area contributed by atoms with Gasteiger partial charge in [0.2, 0.25) is 0 Å². The van der Waals surface area contributed by atoms with Gasteiger partial charge in [-0.2, -0.15) is 0 Å². The Morgan fingerprint density at radius 2 is 1.77 bits per heavy atom. The van der Waals surface area contributed by atoms with E-state index in [2.05, 4.69) is 67.5 Å². The first-order valence-electron chi connectivity index (χ1n) is 13.4. The van der Waals surface area contributed by atoms with Gasteiger partial charge in [-0.05, 0) is 117 Å². The number of hydrogen-bond acceptors (Lipinski definition) is 1. The number of allylic oxidation sites excluding steroid dienone is 4. The van der Waals surface area contributed by atoms with E-state index in [1.807, 2.05) is 5.57 Å². The highest BCUT2D eigenvalue weighted by molar-refractivity contribution is 5.33. The Kier molecular flexibility index (Phi) is 5.90. The lowest BCUT2D eigenvalue weighted by Gasteiger charge is -2.64. The Morgan fingerprint density at radius 3 is 2.45 bits per heavy atom. The second-order valence-electron chi connectivity index (χ2n) is 13.7. The molecule has 0 aromatic carbocycles. The van der Waals surface area contributed by atoms with Gasteiger partial charge in [0.1, 0.15) is 0 Å². The molecule has 1 N–H and O–H groups in total. The fourth-order valence-electron chi connectivity index (χ4n) is 9.49. The molecule has 1 nitrogen and oxygen atoms in total. The third-order valence-corrected chi connectivity index (χ3v) is 11.7. The number of aliphatic hydroxyl groups is 1. The standard InChI is InChI=1S/C30H50O/c1-20(2)10-9-11-21(3)22-14-18-30(8)24-12-13-25-27(4,5)26(31)16-17-28(25,6)23(24)15-19-29(22,30)7/h10,12,21-23,25-26,31H,9,11,13-19H2,1-8H3/t21-,22-,23+,25?,26+,28-,29-,30+/m1/s1. The van der Waals surface area contributed by atoms with Gasteiger partial charge < -0.3 is 5.11 Å². The van der Waals surface area contributed by atoms with Crippen LogP contribution in [-0.4, -0.2) is 11.2 Å². The maximum Gasteiger partial charge on any atom is 0.0594 e. The normalized spacial score (nSPS) is 46.9. The quantitative estimate of drug-likeness (QED) is 0.448. The van der Waals surface area contributed by atoms with Gasteiger partial charge in [0.05, 0.1) is 6.10 Å². The average molecular weight is 427 g/mol. The SMILES string of the molecule is CC(C)=CCC[C@@H](C)[C@H]1CC[C@@]2(C)C3=CCC4C(C)(C)[C@@H](O)CC[C@]4(C)[C@H]3CC[C@]12C. The summed E-state index contributed by atoms with van der Waals surface area (Å²) in [6.45, 7) is 19.6. The van der Waals surface area contributed by atoms with Crippen LogP contribution in [0.1, 0.15) is 113 Å². The maximum atomic E-state index is 10.8. The molecule has 0 radical (unpaired) electrons. The number of fused-ring (bicyclic) bond motifs is 5. The molecule has 0 saturated heterocycles. The monoisotopic (exact) mass is 426 g/mol. The zero-order valence-corrected chi connectivity index (χ0v) is 21.9. The van der Waals surface area contributed by atoms with Crippen LogP contribution in [-0.2, 0) is 0 Å². The Balaban J connectivity index is 1.62.